The Labute approximate surface area is 95.3 Å². The van der Waals surface area contributed by atoms with Crippen LogP contribution in [0.15, 0.2) is 0 Å². The zero-order valence-electron chi connectivity index (χ0n) is 10.6. The van der Waals surface area contributed by atoms with Crippen LogP contribution in [-0.4, -0.2) is 52.9 Å². The molecule has 1 heterocycles. The van der Waals surface area contributed by atoms with E-state index < -0.39 is 29.8 Å². The molecule has 0 spiro atoms. The van der Waals surface area contributed by atoms with Gasteiger partial charge < -0.3 is 15.0 Å². The van der Waals surface area contributed by atoms with E-state index in [2.05, 4.69) is 5.11 Å². The summed E-state index contributed by atoms with van der Waals surface area (Å²) in [5.41, 5.74) is -0.681. The first-order chi connectivity index (χ1) is 7.76. The minimum absolute atomic E-state index is 0.218. The maximum atomic E-state index is 11.8. The van der Waals surface area contributed by atoms with E-state index >= 15 is 0 Å². The fourth-order valence-electron chi connectivity index (χ4n) is 1.58. The lowest BCUT2D eigenvalue weighted by molar-refractivity contribution is -0.144. The third-order valence-corrected chi connectivity index (χ3v) is 2.22. The number of nitrogens with zero attached hydrogens (tertiary/aromatic N) is 1. The van der Waals surface area contributed by atoms with E-state index in [-0.39, 0.29) is 6.54 Å². The van der Waals surface area contributed by atoms with Gasteiger partial charge >= 0.3 is 12.1 Å². The van der Waals surface area contributed by atoms with Crippen molar-refractivity contribution in [1.29, 1.82) is 1.43 Å². The van der Waals surface area contributed by atoms with Gasteiger partial charge in [-0.3, -0.25) is 4.90 Å². The van der Waals surface area contributed by atoms with Crippen LogP contribution in [-0.2, 0) is 9.53 Å². The van der Waals surface area contributed by atoms with Gasteiger partial charge in [0, 0.05) is 6.54 Å². The van der Waals surface area contributed by atoms with E-state index in [1.54, 1.807) is 20.8 Å². The maximum Gasteiger partial charge on any atom is 0.411 e. The normalized spacial score (nSPS) is 26.4. The molecule has 0 aromatic carbocycles. The highest BCUT2D eigenvalue weighted by molar-refractivity contribution is 5.81. The van der Waals surface area contributed by atoms with Crippen molar-refractivity contribution in [1.82, 2.24) is 4.90 Å². The molecule has 0 radical (unpaired) electrons. The number of aliphatic carboxylic acids is 1. The van der Waals surface area contributed by atoms with E-state index in [4.69, 9.17) is 11.3 Å². The molecule has 1 aliphatic heterocycles. The molecular weight excluding hydrogens is 214 g/mol. The average Bonchev–Trinajstić information content (AvgIpc) is 2.57. The highest BCUT2D eigenvalue weighted by Crippen LogP contribution is 2.21. The van der Waals surface area contributed by atoms with Crippen LogP contribution >= 0.6 is 0 Å². The first kappa shape index (κ1) is 11.2. The van der Waals surface area contributed by atoms with Crippen LogP contribution in [0.4, 0.5) is 4.79 Å². The van der Waals surface area contributed by atoms with Gasteiger partial charge in [0.1, 0.15) is 5.60 Å². The van der Waals surface area contributed by atoms with Crippen LogP contribution in [0.2, 0.25) is 0 Å². The smallest absolute Gasteiger partial charge is 0.411 e. The second-order valence-corrected chi connectivity index (χ2v) is 4.78. The topological polar surface area (TPSA) is 87.1 Å². The van der Waals surface area contributed by atoms with Gasteiger partial charge in [0.25, 0.3) is 0 Å². The first-order valence-electron chi connectivity index (χ1n) is 5.51. The van der Waals surface area contributed by atoms with Crippen molar-refractivity contribution >= 4 is 12.1 Å². The average molecular weight is 232 g/mol. The summed E-state index contributed by atoms with van der Waals surface area (Å²) < 4.78 is 11.9. The molecule has 1 fully saturated rings. The van der Waals surface area contributed by atoms with E-state index in [9.17, 15) is 9.59 Å². The largest absolute Gasteiger partial charge is 0.480 e. The molecule has 2 N–H and O–H groups in total. The van der Waals surface area contributed by atoms with E-state index in [1.807, 2.05) is 0 Å². The molecule has 0 aliphatic carbocycles. The van der Waals surface area contributed by atoms with Gasteiger partial charge in [-0.15, -0.1) is 0 Å². The number of carboxylic acid groups (broad SMARTS) is 1. The summed E-state index contributed by atoms with van der Waals surface area (Å²) in [6.07, 6.45) is -1.18. The summed E-state index contributed by atoms with van der Waals surface area (Å²) in [6, 6.07) is -1.15. The van der Waals surface area contributed by atoms with Crippen molar-refractivity contribution in [3.63, 3.8) is 0 Å². The lowest BCUT2D eigenvalue weighted by atomic mass is 10.2. The number of aliphatic hydroxyl groups excluding tert-OH is 1. The maximum absolute atomic E-state index is 11.8. The first-order valence-corrected chi connectivity index (χ1v) is 5.10. The second-order valence-electron chi connectivity index (χ2n) is 4.78. The number of rotatable bonds is 2. The zero-order chi connectivity index (χ0) is 13.2. The number of ether oxygens (including phenoxy) is 1. The van der Waals surface area contributed by atoms with Gasteiger partial charge in [-0.1, -0.05) is 0 Å². The van der Waals surface area contributed by atoms with Gasteiger partial charge in [-0.2, -0.15) is 0 Å². The van der Waals surface area contributed by atoms with Crippen LogP contribution in [0.25, 0.3) is 0 Å². The lowest BCUT2D eigenvalue weighted by Gasteiger charge is -2.27. The molecule has 0 aromatic heterocycles. The Morgan fingerprint density at radius 1 is 1.50 bits per heavy atom. The summed E-state index contributed by atoms with van der Waals surface area (Å²) >= 11 is 0. The number of carboxylic acids is 1. The highest BCUT2D eigenvalue weighted by atomic mass is 16.6. The fraction of sp³-hybridized carbons (Fsp3) is 0.800. The van der Waals surface area contributed by atoms with Gasteiger partial charge in [0.15, 0.2) is 6.04 Å². The molecule has 0 saturated carbocycles. The quantitative estimate of drug-likeness (QED) is 0.721. The summed E-state index contributed by atoms with van der Waals surface area (Å²) in [5.74, 6) is -1.19. The molecule has 16 heavy (non-hydrogen) atoms. The molecular formula is C10H17NO5. The van der Waals surface area contributed by atoms with Crippen molar-refractivity contribution in [3.05, 3.63) is 0 Å². The Morgan fingerprint density at radius 2 is 2.12 bits per heavy atom. The Kier molecular flexibility index (Phi) is 3.00. The molecule has 1 saturated heterocycles. The van der Waals surface area contributed by atoms with Crippen LogP contribution in [0.3, 0.4) is 0 Å². The van der Waals surface area contributed by atoms with Gasteiger partial charge in [0.05, 0.1) is 6.10 Å². The standard InChI is InChI=1S/C10H17NO5/c1-10(2,3)16-9(15)11-5-4-6(12)7(11)8(13)14/h6-7,12H,4-5H2,1-3H3,(H,13,14)/t6-,7-/m0/s1/i12D. The molecule has 6 heteroatoms. The third kappa shape index (κ3) is 2.85. The van der Waals surface area contributed by atoms with Gasteiger partial charge in [0.2, 0.25) is 1.43 Å². The summed E-state index contributed by atoms with van der Waals surface area (Å²) in [5, 5.41) is 13.3. The fourth-order valence-corrected chi connectivity index (χ4v) is 1.58. The molecule has 6 nitrogen and oxygen atoms in total. The van der Waals surface area contributed by atoms with Crippen LogP contribution in [0.1, 0.15) is 27.2 Å². The van der Waals surface area contributed by atoms with Gasteiger partial charge in [-0.25, -0.2) is 9.59 Å². The highest BCUT2D eigenvalue weighted by Gasteiger charge is 2.42. The molecule has 1 rings (SSSR count). The van der Waals surface area contributed by atoms with Crippen LogP contribution in [0.5, 0.6) is 0 Å². The molecule has 0 aromatic rings. The molecule has 1 amide bonds. The van der Waals surface area contributed by atoms with Crippen molar-refractivity contribution < 1.29 is 24.5 Å². The molecule has 1 aliphatic rings. The number of hydrogen-bond acceptors (Lipinski definition) is 4. The van der Waals surface area contributed by atoms with Crippen molar-refractivity contribution in [2.75, 3.05) is 6.54 Å². The van der Waals surface area contributed by atoms with Crippen LogP contribution in [0, 0.1) is 0 Å². The summed E-state index contributed by atoms with van der Waals surface area (Å²) in [6.45, 7) is 5.33. The summed E-state index contributed by atoms with van der Waals surface area (Å²) in [4.78, 5) is 23.9. The lowest BCUT2D eigenvalue weighted by Crippen LogP contribution is -2.46. The molecule has 0 unspecified atom stereocenters. The second kappa shape index (κ2) is 4.29. The molecule has 92 valence electrons. The molecule has 0 bridgehead atoms. The van der Waals surface area contributed by atoms with Crippen molar-refractivity contribution in [3.8, 4) is 0 Å². The van der Waals surface area contributed by atoms with Crippen molar-refractivity contribution in [2.45, 2.75) is 44.9 Å². The number of carbonyl (C=O) groups is 2. The van der Waals surface area contributed by atoms with E-state index in [0.29, 0.717) is 6.42 Å². The molecule has 2 atom stereocenters. The number of carbonyl (C=O) groups excluding carboxylic acids is 1. The summed E-state index contributed by atoms with van der Waals surface area (Å²) in [7, 11) is 0. The Balaban J connectivity index is 2.76. The monoisotopic (exact) mass is 232 g/mol. The van der Waals surface area contributed by atoms with Crippen LogP contribution < -0.4 is 0 Å². The SMILES string of the molecule is [2H]O[C@H]1CCN(C(=O)OC(C)(C)C)[C@@H]1C(=O)O. The number of amides is 1. The predicted octanol–water partition coefficient (Wildman–Crippen LogP) is 0.441. The van der Waals surface area contributed by atoms with E-state index in [1.165, 1.54) is 0 Å². The number of hydrogen-bond donors (Lipinski definition) is 2. The van der Waals surface area contributed by atoms with Gasteiger partial charge in [-0.05, 0) is 27.2 Å². The van der Waals surface area contributed by atoms with E-state index in [0.717, 1.165) is 4.90 Å². The van der Waals surface area contributed by atoms with Crippen molar-refractivity contribution in [2.24, 2.45) is 0 Å². The minimum Gasteiger partial charge on any atom is -0.480 e. The third-order valence-electron chi connectivity index (χ3n) is 2.22. The zero-order valence-corrected chi connectivity index (χ0v) is 9.60. The minimum atomic E-state index is -1.19. The Hall–Kier alpha value is -1.30. The predicted molar refractivity (Wildman–Crippen MR) is 55.0 cm³/mol. The Morgan fingerprint density at radius 3 is 2.56 bits per heavy atom. The number of likely N-dealkylation sites (tertiary alicyclic amines) is 1. The Bertz CT molecular complexity index is 314. The number of aliphatic hydroxyl groups is 1.